The van der Waals surface area contributed by atoms with Gasteiger partial charge in [0, 0.05) is 19.4 Å². The molecule has 10 heteroatoms. The van der Waals surface area contributed by atoms with Gasteiger partial charge in [0.25, 0.3) is 0 Å². The third-order valence-electron chi connectivity index (χ3n) is 20.0. The largest absolute Gasteiger partial charge is 0.472 e. The van der Waals surface area contributed by atoms with Gasteiger partial charge in [0.15, 0.2) is 6.10 Å². The van der Waals surface area contributed by atoms with Crippen molar-refractivity contribution in [3.8, 4) is 0 Å². The van der Waals surface area contributed by atoms with Gasteiger partial charge >= 0.3 is 19.8 Å². The highest BCUT2D eigenvalue weighted by Gasteiger charge is 2.26. The summed E-state index contributed by atoms with van der Waals surface area (Å²) in [6.45, 7) is 3.83. The minimum atomic E-state index is -4.39. The van der Waals surface area contributed by atoms with Crippen LogP contribution in [0, 0.1) is 0 Å². The molecule has 0 aromatic carbocycles. The summed E-state index contributed by atoms with van der Waals surface area (Å²) in [4.78, 5) is 35.5. The molecule has 0 saturated carbocycles. The molecule has 0 fully saturated rings. The minimum Gasteiger partial charge on any atom is -0.462 e. The molecule has 0 aliphatic carbocycles. The number of nitrogens with two attached hydrogens (primary N) is 1. The number of hydrogen-bond acceptors (Lipinski definition) is 8. The minimum absolute atomic E-state index is 0.0571. The molecule has 0 spiro atoms. The molecule has 0 radical (unpaired) electrons. The Morgan fingerprint density at radius 2 is 0.536 bits per heavy atom. The predicted octanol–water partition coefficient (Wildman–Crippen LogP) is 29.3. The summed E-state index contributed by atoms with van der Waals surface area (Å²) in [5.41, 5.74) is 5.42. The van der Waals surface area contributed by atoms with Crippen molar-refractivity contribution in [3.05, 3.63) is 36.5 Å². The van der Waals surface area contributed by atoms with Crippen molar-refractivity contribution in [2.45, 2.75) is 482 Å². The quantitative estimate of drug-likeness (QED) is 0.0264. The second kappa shape index (κ2) is 83.2. The van der Waals surface area contributed by atoms with Crippen LogP contribution in [0.4, 0.5) is 0 Å². The fourth-order valence-electron chi connectivity index (χ4n) is 13.6. The van der Waals surface area contributed by atoms with Crippen LogP contribution in [0.5, 0.6) is 0 Å². The van der Waals surface area contributed by atoms with Gasteiger partial charge in [0.1, 0.15) is 6.61 Å². The lowest BCUT2D eigenvalue weighted by Crippen LogP contribution is -2.29. The second-order valence-electron chi connectivity index (χ2n) is 29.8. The lowest BCUT2D eigenvalue weighted by Gasteiger charge is -2.19. The zero-order valence-electron chi connectivity index (χ0n) is 65.1. The number of rotatable bonds is 84. The van der Waals surface area contributed by atoms with Gasteiger partial charge in [0.2, 0.25) is 0 Å². The molecule has 0 aromatic rings. The summed E-state index contributed by atoms with van der Waals surface area (Å²) in [5, 5.41) is 0. The van der Waals surface area contributed by atoms with Crippen molar-refractivity contribution < 1.29 is 37.6 Å². The van der Waals surface area contributed by atoms with E-state index in [-0.39, 0.29) is 38.6 Å². The normalized spacial score (nSPS) is 12.9. The first-order valence-electron chi connectivity index (χ1n) is 43.5. The molecule has 0 aliphatic rings. The molecule has 97 heavy (non-hydrogen) atoms. The number of esters is 2. The summed E-state index contributed by atoms with van der Waals surface area (Å²) in [7, 11) is -4.39. The standard InChI is InChI=1S/C87H168NO8P/c1-3-5-7-9-11-13-15-17-19-21-23-25-27-29-31-33-35-37-39-41-42-44-45-47-49-51-53-55-57-59-61-63-65-67-69-71-73-75-77-79-86(89)93-83-85(84-95-97(91,92)94-82-81-88)96-87(90)80-78-76-74-72-70-68-66-64-62-60-58-56-54-52-50-48-46-43-40-38-36-34-32-30-28-26-24-22-20-18-16-14-12-10-8-6-4-2/h16,18,21-24,85H,3-15,17,19-20,25-84,88H2,1-2H3,(H,91,92)/b18-16-,23-21-,24-22-. The van der Waals surface area contributed by atoms with E-state index < -0.39 is 26.5 Å². The van der Waals surface area contributed by atoms with E-state index in [1.54, 1.807) is 0 Å². The molecule has 0 saturated heterocycles. The first kappa shape index (κ1) is 95.2. The van der Waals surface area contributed by atoms with Crippen molar-refractivity contribution in [1.82, 2.24) is 0 Å². The molecule has 9 nitrogen and oxygen atoms in total. The Kier molecular flexibility index (Phi) is 81.7. The first-order valence-corrected chi connectivity index (χ1v) is 45.0. The third kappa shape index (κ3) is 83.1. The summed E-state index contributed by atoms with van der Waals surface area (Å²) in [5.74, 6) is -0.797. The second-order valence-corrected chi connectivity index (χ2v) is 31.2. The van der Waals surface area contributed by atoms with E-state index in [1.165, 1.54) is 405 Å². The number of phosphoric ester groups is 1. The number of phosphoric acid groups is 1. The van der Waals surface area contributed by atoms with Gasteiger partial charge in [-0.1, -0.05) is 429 Å². The van der Waals surface area contributed by atoms with Crippen LogP contribution in [0.1, 0.15) is 476 Å². The molecular formula is C87H168NO8P. The predicted molar refractivity (Wildman–Crippen MR) is 423 cm³/mol. The van der Waals surface area contributed by atoms with Crippen LogP contribution in [0.25, 0.3) is 0 Å². The monoisotopic (exact) mass is 1390 g/mol. The van der Waals surface area contributed by atoms with Crippen molar-refractivity contribution in [2.75, 3.05) is 26.4 Å². The van der Waals surface area contributed by atoms with Crippen LogP contribution >= 0.6 is 7.82 Å². The summed E-state index contributed by atoms with van der Waals surface area (Å²) in [6.07, 6.45) is 108. The SMILES string of the molecule is CCCCCCC/C=C\C/C=C\CCCCCCCCCCCCCCCCCCCCCCCCCCCC(=O)OC(COC(=O)CCCCCCCCCCCCCCCCCCCCCCCCCCCCC/C=C\CCCCCCCCCC)COP(=O)(O)OCCN. The van der Waals surface area contributed by atoms with Gasteiger partial charge in [-0.05, 0) is 70.6 Å². The van der Waals surface area contributed by atoms with Crippen molar-refractivity contribution in [2.24, 2.45) is 5.73 Å². The zero-order chi connectivity index (χ0) is 70.0. The summed E-state index contributed by atoms with van der Waals surface area (Å²) >= 11 is 0. The Hall–Kier alpha value is -1.77. The third-order valence-corrected chi connectivity index (χ3v) is 21.0. The van der Waals surface area contributed by atoms with E-state index in [1.807, 2.05) is 0 Å². The van der Waals surface area contributed by atoms with E-state index in [0.717, 1.165) is 38.5 Å². The molecule has 0 heterocycles. The Balaban J connectivity index is 3.70. The average Bonchev–Trinajstić information content (AvgIpc) is 2.17. The lowest BCUT2D eigenvalue weighted by atomic mass is 10.0. The Morgan fingerprint density at radius 1 is 0.309 bits per heavy atom. The van der Waals surface area contributed by atoms with Gasteiger partial charge in [0.05, 0.1) is 13.2 Å². The molecule has 0 rings (SSSR count). The highest BCUT2D eigenvalue weighted by atomic mass is 31.2. The van der Waals surface area contributed by atoms with Crippen LogP contribution in [-0.4, -0.2) is 49.3 Å². The number of unbranched alkanes of at least 4 members (excludes halogenated alkanes) is 65. The van der Waals surface area contributed by atoms with E-state index in [4.69, 9.17) is 24.3 Å². The van der Waals surface area contributed by atoms with Crippen molar-refractivity contribution >= 4 is 19.8 Å². The average molecular weight is 1390 g/mol. The van der Waals surface area contributed by atoms with Gasteiger partial charge in [-0.3, -0.25) is 18.6 Å². The maximum atomic E-state index is 12.8. The van der Waals surface area contributed by atoms with Gasteiger partial charge in [-0.2, -0.15) is 0 Å². The van der Waals surface area contributed by atoms with E-state index in [2.05, 4.69) is 50.3 Å². The van der Waals surface area contributed by atoms with Crippen LogP contribution in [0.15, 0.2) is 36.5 Å². The summed E-state index contributed by atoms with van der Waals surface area (Å²) < 4.78 is 33.3. The van der Waals surface area contributed by atoms with Crippen molar-refractivity contribution in [1.29, 1.82) is 0 Å². The number of carbonyl (C=O) groups excluding carboxylic acids is 2. The fourth-order valence-corrected chi connectivity index (χ4v) is 14.3. The Morgan fingerprint density at radius 3 is 0.794 bits per heavy atom. The lowest BCUT2D eigenvalue weighted by molar-refractivity contribution is -0.161. The van der Waals surface area contributed by atoms with E-state index >= 15 is 0 Å². The molecule has 574 valence electrons. The van der Waals surface area contributed by atoms with Crippen LogP contribution in [0.2, 0.25) is 0 Å². The fraction of sp³-hybridized carbons (Fsp3) is 0.908. The van der Waals surface area contributed by atoms with Gasteiger partial charge in [-0.25, -0.2) is 4.57 Å². The van der Waals surface area contributed by atoms with Crippen LogP contribution in [-0.2, 0) is 32.7 Å². The molecule has 0 aromatic heterocycles. The number of carbonyl (C=O) groups is 2. The zero-order valence-corrected chi connectivity index (χ0v) is 66.0. The molecular weight excluding hydrogens is 1220 g/mol. The van der Waals surface area contributed by atoms with Crippen LogP contribution < -0.4 is 5.73 Å². The van der Waals surface area contributed by atoms with E-state index in [0.29, 0.717) is 6.42 Å². The van der Waals surface area contributed by atoms with Crippen LogP contribution in [0.3, 0.4) is 0 Å². The maximum Gasteiger partial charge on any atom is 0.472 e. The topological polar surface area (TPSA) is 134 Å². The van der Waals surface area contributed by atoms with E-state index in [9.17, 15) is 19.0 Å². The molecule has 0 aliphatic heterocycles. The number of ether oxygens (including phenoxy) is 2. The van der Waals surface area contributed by atoms with Gasteiger partial charge < -0.3 is 20.1 Å². The number of hydrogen-bond donors (Lipinski definition) is 2. The summed E-state index contributed by atoms with van der Waals surface area (Å²) in [6, 6.07) is 0. The van der Waals surface area contributed by atoms with Crippen molar-refractivity contribution in [3.63, 3.8) is 0 Å². The highest BCUT2D eigenvalue weighted by molar-refractivity contribution is 7.47. The smallest absolute Gasteiger partial charge is 0.462 e. The molecule has 0 bridgehead atoms. The molecule has 2 unspecified atom stereocenters. The highest BCUT2D eigenvalue weighted by Crippen LogP contribution is 2.43. The number of allylic oxidation sites excluding steroid dienone is 6. The maximum absolute atomic E-state index is 12.8. The first-order chi connectivity index (χ1) is 47.8. The molecule has 2 atom stereocenters. The molecule has 0 amide bonds. The van der Waals surface area contributed by atoms with Gasteiger partial charge in [-0.15, -0.1) is 0 Å². The Labute approximate surface area is 605 Å². The Bertz CT molecular complexity index is 1690. The molecule has 3 N–H and O–H groups in total.